The van der Waals surface area contributed by atoms with Crippen LogP contribution in [0.25, 0.3) is 16.6 Å². The average molecular weight is 354 g/mol. The van der Waals surface area contributed by atoms with E-state index in [0.717, 1.165) is 28.0 Å². The minimum absolute atomic E-state index is 0.569. The summed E-state index contributed by atoms with van der Waals surface area (Å²) in [5.41, 5.74) is 3.41. The maximum atomic E-state index is 6.37. The van der Waals surface area contributed by atoms with Gasteiger partial charge in [0.05, 0.1) is 18.3 Å². The number of para-hydroxylation sites is 1. The van der Waals surface area contributed by atoms with Gasteiger partial charge >= 0.3 is 0 Å². The lowest BCUT2D eigenvalue weighted by atomic mass is 10.2. The van der Waals surface area contributed by atoms with Gasteiger partial charge < -0.3 is 10.1 Å². The number of ether oxygens (including phenoxy) is 1. The van der Waals surface area contributed by atoms with Gasteiger partial charge in [-0.15, -0.1) is 0 Å². The monoisotopic (exact) mass is 353 g/mol. The van der Waals surface area contributed by atoms with Crippen LogP contribution in [0.15, 0.2) is 42.6 Å². The molecule has 0 unspecified atom stereocenters. The number of hydrogen-bond donors (Lipinski definition) is 1. The molecule has 0 radical (unpaired) electrons. The van der Waals surface area contributed by atoms with Crippen LogP contribution in [0, 0.1) is 6.92 Å². The molecule has 4 aromatic rings. The van der Waals surface area contributed by atoms with Crippen LogP contribution in [0.4, 0.5) is 5.82 Å². The molecule has 3 aromatic heterocycles. The van der Waals surface area contributed by atoms with Gasteiger partial charge in [0.2, 0.25) is 5.88 Å². The molecule has 25 heavy (non-hydrogen) atoms. The van der Waals surface area contributed by atoms with Gasteiger partial charge in [0.1, 0.15) is 10.8 Å². The van der Waals surface area contributed by atoms with E-state index in [0.29, 0.717) is 23.1 Å². The van der Waals surface area contributed by atoms with E-state index in [4.69, 9.17) is 21.3 Å². The Bertz CT molecular complexity index is 1080. The van der Waals surface area contributed by atoms with E-state index in [2.05, 4.69) is 15.4 Å². The number of aromatic nitrogens is 4. The molecule has 0 saturated carbocycles. The van der Waals surface area contributed by atoms with Gasteiger partial charge in [0.15, 0.2) is 5.65 Å². The number of fused-ring (bicyclic) bond motifs is 3. The maximum Gasteiger partial charge on any atom is 0.213 e. The predicted octanol–water partition coefficient (Wildman–Crippen LogP) is 3.86. The molecule has 1 N–H and O–H groups in total. The van der Waals surface area contributed by atoms with E-state index in [1.54, 1.807) is 17.8 Å². The fourth-order valence-corrected chi connectivity index (χ4v) is 2.94. The highest BCUT2D eigenvalue weighted by atomic mass is 35.5. The summed E-state index contributed by atoms with van der Waals surface area (Å²) in [4.78, 5) is 8.82. The average Bonchev–Trinajstić information content (AvgIpc) is 2.94. The summed E-state index contributed by atoms with van der Waals surface area (Å²) in [6.07, 6.45) is 1.72. The fourth-order valence-electron chi connectivity index (χ4n) is 2.78. The molecule has 4 rings (SSSR count). The zero-order valence-corrected chi connectivity index (χ0v) is 14.6. The first-order valence-corrected chi connectivity index (χ1v) is 8.21. The topological polar surface area (TPSA) is 64.3 Å². The molecule has 0 aliphatic carbocycles. The van der Waals surface area contributed by atoms with Crippen molar-refractivity contribution in [2.24, 2.45) is 0 Å². The van der Waals surface area contributed by atoms with E-state index >= 15 is 0 Å². The molecule has 0 amide bonds. The molecule has 3 heterocycles. The molecule has 1 aromatic carbocycles. The third kappa shape index (κ3) is 2.74. The van der Waals surface area contributed by atoms with Gasteiger partial charge in [-0.1, -0.05) is 23.7 Å². The van der Waals surface area contributed by atoms with Crippen molar-refractivity contribution in [2.75, 3.05) is 12.4 Å². The largest absolute Gasteiger partial charge is 0.481 e. The van der Waals surface area contributed by atoms with Crippen molar-refractivity contribution in [2.45, 2.75) is 13.5 Å². The Morgan fingerprint density at radius 2 is 2.08 bits per heavy atom. The standard InChI is InChI=1S/C18H16ClN5O/c1-11-16(19)18-22-17(13-5-3-4-6-14(13)24(18)23-11)21-10-12-7-8-20-15(9-12)25-2/h3-9H,10H2,1-2H3,(H,21,22). The zero-order chi connectivity index (χ0) is 17.4. The second kappa shape index (κ2) is 6.22. The number of halogens is 1. The summed E-state index contributed by atoms with van der Waals surface area (Å²) in [5.74, 6) is 1.35. The van der Waals surface area contributed by atoms with Gasteiger partial charge in [0, 0.05) is 24.2 Å². The van der Waals surface area contributed by atoms with E-state index in [1.807, 2.05) is 43.3 Å². The Kier molecular flexibility index (Phi) is 3.89. The lowest BCUT2D eigenvalue weighted by Crippen LogP contribution is -2.05. The molecule has 0 spiro atoms. The molecule has 0 atom stereocenters. The molecule has 0 bridgehead atoms. The quantitative estimate of drug-likeness (QED) is 0.603. The van der Waals surface area contributed by atoms with Gasteiger partial charge in [-0.2, -0.15) is 5.10 Å². The molecule has 7 heteroatoms. The minimum atomic E-state index is 0.569. The molecule has 6 nitrogen and oxygen atoms in total. The third-order valence-electron chi connectivity index (χ3n) is 4.04. The number of nitrogens with one attached hydrogen (secondary N) is 1. The number of hydrogen-bond acceptors (Lipinski definition) is 5. The molecule has 0 aliphatic heterocycles. The molecule has 126 valence electrons. The number of methoxy groups -OCH3 is 1. The highest BCUT2D eigenvalue weighted by Gasteiger charge is 2.14. The summed E-state index contributed by atoms with van der Waals surface area (Å²) < 4.78 is 6.96. The summed E-state index contributed by atoms with van der Waals surface area (Å²) in [5, 5.41) is 9.43. The number of benzene rings is 1. The van der Waals surface area contributed by atoms with Crippen molar-refractivity contribution >= 4 is 34.0 Å². The van der Waals surface area contributed by atoms with Crippen LogP contribution in [0.2, 0.25) is 5.02 Å². The van der Waals surface area contributed by atoms with Gasteiger partial charge in [-0.25, -0.2) is 14.5 Å². The van der Waals surface area contributed by atoms with E-state index in [9.17, 15) is 0 Å². The molecule has 0 aliphatic rings. The van der Waals surface area contributed by atoms with Gasteiger partial charge in [-0.3, -0.25) is 0 Å². The van der Waals surface area contributed by atoms with Gasteiger partial charge in [-0.05, 0) is 30.7 Å². The van der Waals surface area contributed by atoms with Crippen molar-refractivity contribution in [1.29, 1.82) is 0 Å². The lowest BCUT2D eigenvalue weighted by molar-refractivity contribution is 0.397. The van der Waals surface area contributed by atoms with Crippen LogP contribution in [0.5, 0.6) is 5.88 Å². The highest BCUT2D eigenvalue weighted by molar-refractivity contribution is 6.34. The molecular formula is C18H16ClN5O. The van der Waals surface area contributed by atoms with E-state index < -0.39 is 0 Å². The number of nitrogens with zero attached hydrogens (tertiary/aromatic N) is 4. The van der Waals surface area contributed by atoms with Crippen LogP contribution in [0.3, 0.4) is 0 Å². The molecule has 0 fully saturated rings. The van der Waals surface area contributed by atoms with Crippen LogP contribution in [-0.4, -0.2) is 26.7 Å². The highest BCUT2D eigenvalue weighted by Crippen LogP contribution is 2.28. The second-order valence-corrected chi connectivity index (χ2v) is 6.05. The Hall–Kier alpha value is -2.86. The predicted molar refractivity (Wildman–Crippen MR) is 98.4 cm³/mol. The first kappa shape index (κ1) is 15.7. The SMILES string of the molecule is COc1cc(CNc2nc3c(Cl)c(C)nn3c3ccccc23)ccn1. The fraction of sp³-hybridized carbons (Fsp3) is 0.167. The normalized spacial score (nSPS) is 11.2. The first-order chi connectivity index (χ1) is 12.2. The lowest BCUT2D eigenvalue weighted by Gasteiger charge is -2.11. The van der Waals surface area contributed by atoms with Crippen LogP contribution in [-0.2, 0) is 6.54 Å². The van der Waals surface area contributed by atoms with Crippen molar-refractivity contribution in [3.05, 3.63) is 58.9 Å². The van der Waals surface area contributed by atoms with Gasteiger partial charge in [0.25, 0.3) is 0 Å². The Morgan fingerprint density at radius 1 is 1.24 bits per heavy atom. The molecule has 0 saturated heterocycles. The van der Waals surface area contributed by atoms with E-state index in [-0.39, 0.29) is 0 Å². The first-order valence-electron chi connectivity index (χ1n) is 7.84. The third-order valence-corrected chi connectivity index (χ3v) is 4.48. The van der Waals surface area contributed by atoms with Crippen LogP contribution < -0.4 is 10.1 Å². The number of anilines is 1. The van der Waals surface area contributed by atoms with Crippen molar-refractivity contribution in [3.63, 3.8) is 0 Å². The van der Waals surface area contributed by atoms with E-state index in [1.165, 1.54) is 0 Å². The number of aryl methyl sites for hydroxylation is 1. The summed E-state index contributed by atoms with van der Waals surface area (Å²) in [6, 6.07) is 11.8. The summed E-state index contributed by atoms with van der Waals surface area (Å²) >= 11 is 6.37. The van der Waals surface area contributed by atoms with Crippen molar-refractivity contribution < 1.29 is 4.74 Å². The van der Waals surface area contributed by atoms with Crippen LogP contribution >= 0.6 is 11.6 Å². The maximum absolute atomic E-state index is 6.37. The number of pyridine rings is 1. The molecular weight excluding hydrogens is 338 g/mol. The Labute approximate surface area is 149 Å². The van der Waals surface area contributed by atoms with Crippen LogP contribution in [0.1, 0.15) is 11.3 Å². The Balaban J connectivity index is 1.78. The number of rotatable bonds is 4. The second-order valence-electron chi connectivity index (χ2n) is 5.67. The Morgan fingerprint density at radius 3 is 2.92 bits per heavy atom. The minimum Gasteiger partial charge on any atom is -0.481 e. The smallest absolute Gasteiger partial charge is 0.213 e. The van der Waals surface area contributed by atoms with Crippen molar-refractivity contribution in [1.82, 2.24) is 19.6 Å². The summed E-state index contributed by atoms with van der Waals surface area (Å²) in [6.45, 7) is 2.47. The zero-order valence-electron chi connectivity index (χ0n) is 13.8. The van der Waals surface area contributed by atoms with Crippen molar-refractivity contribution in [3.8, 4) is 5.88 Å². The summed E-state index contributed by atoms with van der Waals surface area (Å²) in [7, 11) is 1.60.